The minimum atomic E-state index is 0.233. The van der Waals surface area contributed by atoms with Gasteiger partial charge in [-0.3, -0.25) is 0 Å². The maximum Gasteiger partial charge on any atom is 0.0978 e. The summed E-state index contributed by atoms with van der Waals surface area (Å²) in [5, 5.41) is 2.68. The molecule has 3 aromatic carbocycles. The Morgan fingerprint density at radius 1 is 0.821 bits per heavy atom. The largest absolute Gasteiger partial charge is 0.244 e. The average molecular weight is 371 g/mol. The van der Waals surface area contributed by atoms with Gasteiger partial charge in [0.1, 0.15) is 0 Å². The van der Waals surface area contributed by atoms with Crippen molar-refractivity contribution in [3.8, 4) is 0 Å². The van der Waals surface area contributed by atoms with E-state index >= 15 is 0 Å². The molecule has 0 amide bonds. The van der Waals surface area contributed by atoms with Crippen LogP contribution in [0.5, 0.6) is 0 Å². The van der Waals surface area contributed by atoms with Crippen molar-refractivity contribution in [2.45, 2.75) is 66.2 Å². The third-order valence-corrected chi connectivity index (χ3v) is 6.40. The summed E-state index contributed by atoms with van der Waals surface area (Å²) in [4.78, 5) is 10.1. The Balaban J connectivity index is 0.000000932. The van der Waals surface area contributed by atoms with Crippen LogP contribution in [-0.2, 0) is 11.8 Å². The van der Waals surface area contributed by atoms with Crippen molar-refractivity contribution in [1.29, 1.82) is 0 Å². The molecule has 0 unspecified atom stereocenters. The Bertz CT molecular complexity index is 1200. The lowest BCUT2D eigenvalue weighted by atomic mass is 9.71. The van der Waals surface area contributed by atoms with Crippen LogP contribution in [0.3, 0.4) is 0 Å². The molecular weight excluding hydrogens is 340 g/mol. The fourth-order valence-corrected chi connectivity index (χ4v) is 4.78. The Kier molecular flexibility index (Phi) is 4.61. The molecule has 5 rings (SSSR count). The van der Waals surface area contributed by atoms with Crippen LogP contribution in [0.15, 0.2) is 36.4 Å². The minimum absolute atomic E-state index is 0.233. The zero-order valence-electron chi connectivity index (χ0n) is 18.0. The van der Waals surface area contributed by atoms with Crippen LogP contribution in [0.1, 0.15) is 62.8 Å². The van der Waals surface area contributed by atoms with E-state index in [4.69, 9.17) is 9.97 Å². The standard InChI is InChI=1S/C24H24N2.C2H6/c1-14-15(2)22-23(26-20-10-6-5-9-19(20)25-22)21-16(14)11-12-18-17(21)8-7-13-24(18,3)4;1-2/h5-6,9-12H,7-8,13H2,1-4H3;1-2H3. The SMILES string of the molecule is CC.Cc1c(C)c2nc3ccccc3nc2c2c3c(ccc12)C(C)(C)CCC3. The van der Waals surface area contributed by atoms with E-state index in [0.29, 0.717) is 0 Å². The average Bonchev–Trinajstić information content (AvgIpc) is 2.71. The highest BCUT2D eigenvalue weighted by Gasteiger charge is 2.29. The molecule has 1 aliphatic carbocycles. The zero-order valence-corrected chi connectivity index (χ0v) is 18.0. The van der Waals surface area contributed by atoms with E-state index in [-0.39, 0.29) is 5.41 Å². The number of para-hydroxylation sites is 2. The maximum absolute atomic E-state index is 5.10. The first-order valence-corrected chi connectivity index (χ1v) is 10.6. The molecule has 1 heterocycles. The molecule has 2 nitrogen and oxygen atoms in total. The smallest absolute Gasteiger partial charge is 0.0978 e. The number of hydrogen-bond acceptors (Lipinski definition) is 2. The number of nitrogens with zero attached hydrogens (tertiary/aromatic N) is 2. The highest BCUT2D eigenvalue weighted by atomic mass is 14.8. The summed E-state index contributed by atoms with van der Waals surface area (Å²) in [6.45, 7) is 13.2. The second-order valence-electron chi connectivity index (χ2n) is 8.41. The van der Waals surface area contributed by atoms with Crippen molar-refractivity contribution in [3.63, 3.8) is 0 Å². The third kappa shape index (κ3) is 2.70. The van der Waals surface area contributed by atoms with E-state index in [1.165, 1.54) is 45.9 Å². The lowest BCUT2D eigenvalue weighted by molar-refractivity contribution is 0.433. The van der Waals surface area contributed by atoms with Gasteiger partial charge < -0.3 is 0 Å². The van der Waals surface area contributed by atoms with Crippen molar-refractivity contribution in [1.82, 2.24) is 9.97 Å². The summed E-state index contributed by atoms with van der Waals surface area (Å²) >= 11 is 0. The molecule has 0 aliphatic heterocycles. The number of aromatic nitrogens is 2. The van der Waals surface area contributed by atoms with Gasteiger partial charge in [-0.15, -0.1) is 0 Å². The molecular formula is C26H30N2. The van der Waals surface area contributed by atoms with Crippen LogP contribution in [0, 0.1) is 13.8 Å². The summed E-state index contributed by atoms with van der Waals surface area (Å²) in [5.74, 6) is 0. The van der Waals surface area contributed by atoms with Gasteiger partial charge in [-0.2, -0.15) is 0 Å². The predicted octanol–water partition coefficient (Wildman–Crippen LogP) is 7.19. The van der Waals surface area contributed by atoms with Crippen LogP contribution in [0.25, 0.3) is 32.8 Å². The van der Waals surface area contributed by atoms with Crippen LogP contribution >= 0.6 is 0 Å². The van der Waals surface area contributed by atoms with E-state index in [0.717, 1.165) is 28.5 Å². The first-order valence-electron chi connectivity index (χ1n) is 10.6. The lowest BCUT2D eigenvalue weighted by Crippen LogP contribution is -2.24. The summed E-state index contributed by atoms with van der Waals surface area (Å²) in [6.07, 6.45) is 3.64. The lowest BCUT2D eigenvalue weighted by Gasteiger charge is -2.33. The molecule has 0 bridgehead atoms. The Labute approximate surface area is 168 Å². The molecule has 0 radical (unpaired) electrons. The quantitative estimate of drug-likeness (QED) is 0.242. The second kappa shape index (κ2) is 6.84. The predicted molar refractivity (Wildman–Crippen MR) is 121 cm³/mol. The van der Waals surface area contributed by atoms with Gasteiger partial charge in [0.05, 0.1) is 22.1 Å². The van der Waals surface area contributed by atoms with E-state index in [1.807, 2.05) is 26.0 Å². The normalized spacial score (nSPS) is 15.4. The van der Waals surface area contributed by atoms with E-state index in [2.05, 4.69) is 52.0 Å². The molecule has 144 valence electrons. The molecule has 0 N–H and O–H groups in total. The summed E-state index contributed by atoms with van der Waals surface area (Å²) < 4.78 is 0. The van der Waals surface area contributed by atoms with Gasteiger partial charge in [0.25, 0.3) is 0 Å². The number of benzene rings is 3. The van der Waals surface area contributed by atoms with Gasteiger partial charge in [0, 0.05) is 5.39 Å². The van der Waals surface area contributed by atoms with E-state index < -0.39 is 0 Å². The minimum Gasteiger partial charge on any atom is -0.244 e. The van der Waals surface area contributed by atoms with Gasteiger partial charge in [-0.25, -0.2) is 9.97 Å². The van der Waals surface area contributed by atoms with Crippen molar-refractivity contribution >= 4 is 32.8 Å². The third-order valence-electron chi connectivity index (χ3n) is 6.40. The number of rotatable bonds is 0. The van der Waals surface area contributed by atoms with E-state index in [9.17, 15) is 0 Å². The fourth-order valence-electron chi connectivity index (χ4n) is 4.78. The number of fused-ring (bicyclic) bond motifs is 6. The van der Waals surface area contributed by atoms with Gasteiger partial charge in [-0.1, -0.05) is 52.0 Å². The second-order valence-corrected chi connectivity index (χ2v) is 8.41. The molecule has 1 aliphatic rings. The van der Waals surface area contributed by atoms with Gasteiger partial charge in [0.2, 0.25) is 0 Å². The van der Waals surface area contributed by atoms with Crippen molar-refractivity contribution in [2.75, 3.05) is 0 Å². The molecule has 4 aromatic rings. The summed E-state index contributed by atoms with van der Waals surface area (Å²) in [7, 11) is 0. The van der Waals surface area contributed by atoms with Gasteiger partial charge in [0.15, 0.2) is 0 Å². The van der Waals surface area contributed by atoms with Crippen LogP contribution < -0.4 is 0 Å². The molecule has 2 heteroatoms. The first-order chi connectivity index (χ1) is 13.5. The summed E-state index contributed by atoms with van der Waals surface area (Å²) in [5.41, 5.74) is 9.92. The van der Waals surface area contributed by atoms with Gasteiger partial charge >= 0.3 is 0 Å². The first kappa shape index (κ1) is 18.9. The highest BCUT2D eigenvalue weighted by Crippen LogP contribution is 2.43. The molecule has 0 saturated heterocycles. The Hall–Kier alpha value is -2.48. The van der Waals surface area contributed by atoms with Crippen LogP contribution in [-0.4, -0.2) is 9.97 Å². The van der Waals surface area contributed by atoms with Crippen LogP contribution in [0.2, 0.25) is 0 Å². The molecule has 0 atom stereocenters. The van der Waals surface area contributed by atoms with Gasteiger partial charge in [-0.05, 0) is 78.3 Å². The van der Waals surface area contributed by atoms with Crippen molar-refractivity contribution in [3.05, 3.63) is 58.7 Å². The fraction of sp³-hybridized carbons (Fsp3) is 0.385. The topological polar surface area (TPSA) is 25.8 Å². The van der Waals surface area contributed by atoms with Crippen LogP contribution in [0.4, 0.5) is 0 Å². The molecule has 0 saturated carbocycles. The molecule has 28 heavy (non-hydrogen) atoms. The monoisotopic (exact) mass is 370 g/mol. The Morgan fingerprint density at radius 2 is 1.46 bits per heavy atom. The van der Waals surface area contributed by atoms with E-state index in [1.54, 1.807) is 0 Å². The molecule has 0 fully saturated rings. The van der Waals surface area contributed by atoms with Crippen molar-refractivity contribution in [2.24, 2.45) is 0 Å². The summed E-state index contributed by atoms with van der Waals surface area (Å²) in [6, 6.07) is 12.9. The zero-order chi connectivity index (χ0) is 20.1. The maximum atomic E-state index is 5.10. The number of aryl methyl sites for hydroxylation is 3. The Morgan fingerprint density at radius 3 is 2.14 bits per heavy atom. The molecule has 0 spiro atoms. The molecule has 1 aromatic heterocycles. The van der Waals surface area contributed by atoms with Crippen molar-refractivity contribution < 1.29 is 0 Å². The highest BCUT2D eigenvalue weighted by molar-refractivity contribution is 6.11. The number of hydrogen-bond donors (Lipinski definition) is 0.